The van der Waals surface area contributed by atoms with Crippen LogP contribution in [0, 0.1) is 11.3 Å². The van der Waals surface area contributed by atoms with Crippen LogP contribution < -0.4 is 5.32 Å². The molecule has 88 valence electrons. The molecule has 1 aromatic rings. The Morgan fingerprint density at radius 3 is 2.88 bits per heavy atom. The van der Waals surface area contributed by atoms with E-state index in [1.807, 2.05) is 6.07 Å². The van der Waals surface area contributed by atoms with E-state index < -0.39 is 12.0 Å². The van der Waals surface area contributed by atoms with Crippen molar-refractivity contribution in [2.75, 3.05) is 5.32 Å². The highest BCUT2D eigenvalue weighted by atomic mass is 79.9. The molecule has 0 amide bonds. The van der Waals surface area contributed by atoms with Gasteiger partial charge in [0.1, 0.15) is 6.04 Å². The number of hydrogen-bond donors (Lipinski definition) is 2. The van der Waals surface area contributed by atoms with Crippen LogP contribution in [0.2, 0.25) is 0 Å². The molecule has 0 saturated heterocycles. The highest BCUT2D eigenvalue weighted by molar-refractivity contribution is 9.10. The van der Waals surface area contributed by atoms with Crippen molar-refractivity contribution in [1.82, 2.24) is 0 Å². The molecule has 17 heavy (non-hydrogen) atoms. The van der Waals surface area contributed by atoms with Gasteiger partial charge in [-0.3, -0.25) is 0 Å². The molecule has 0 bridgehead atoms. The van der Waals surface area contributed by atoms with Crippen LogP contribution in [-0.4, -0.2) is 17.1 Å². The Balaban J connectivity index is 2.90. The SMILES string of the molecule is C=CCC(Nc1ccc(C#N)cc1Br)C(=O)O. The van der Waals surface area contributed by atoms with Crippen LogP contribution in [0.3, 0.4) is 0 Å². The van der Waals surface area contributed by atoms with E-state index in [-0.39, 0.29) is 0 Å². The highest BCUT2D eigenvalue weighted by Crippen LogP contribution is 2.24. The molecule has 1 unspecified atom stereocenters. The Morgan fingerprint density at radius 2 is 2.41 bits per heavy atom. The summed E-state index contributed by atoms with van der Waals surface area (Å²) in [6, 6.07) is 6.21. The average molecular weight is 295 g/mol. The second-order valence-electron chi connectivity index (χ2n) is 3.37. The molecule has 0 fully saturated rings. The molecular formula is C12H11BrN2O2. The second kappa shape index (κ2) is 6.06. The molecular weight excluding hydrogens is 284 g/mol. The maximum Gasteiger partial charge on any atom is 0.326 e. The van der Waals surface area contributed by atoms with Crippen molar-refractivity contribution in [3.05, 3.63) is 40.9 Å². The average Bonchev–Trinajstić information content (AvgIpc) is 2.30. The molecule has 0 aliphatic carbocycles. The first-order valence-corrected chi connectivity index (χ1v) is 5.67. The molecule has 0 aromatic heterocycles. The summed E-state index contributed by atoms with van der Waals surface area (Å²) in [5.41, 5.74) is 1.15. The van der Waals surface area contributed by atoms with Gasteiger partial charge in [-0.05, 0) is 40.5 Å². The van der Waals surface area contributed by atoms with Gasteiger partial charge in [0.05, 0.1) is 11.6 Å². The molecule has 2 N–H and O–H groups in total. The summed E-state index contributed by atoms with van der Waals surface area (Å²) in [4.78, 5) is 11.0. The first-order valence-electron chi connectivity index (χ1n) is 4.88. The van der Waals surface area contributed by atoms with E-state index in [9.17, 15) is 4.79 Å². The number of carboxylic acids is 1. The van der Waals surface area contributed by atoms with Crippen LogP contribution in [0.4, 0.5) is 5.69 Å². The van der Waals surface area contributed by atoms with Crippen molar-refractivity contribution >= 4 is 27.6 Å². The number of aliphatic carboxylic acids is 1. The highest BCUT2D eigenvalue weighted by Gasteiger charge is 2.16. The molecule has 1 rings (SSSR count). The molecule has 0 aliphatic rings. The second-order valence-corrected chi connectivity index (χ2v) is 4.22. The number of anilines is 1. The van der Waals surface area contributed by atoms with E-state index in [0.717, 1.165) is 0 Å². The molecule has 4 nitrogen and oxygen atoms in total. The van der Waals surface area contributed by atoms with Gasteiger partial charge in [0, 0.05) is 10.2 Å². The molecule has 0 heterocycles. The lowest BCUT2D eigenvalue weighted by Gasteiger charge is -2.15. The fourth-order valence-corrected chi connectivity index (χ4v) is 1.77. The summed E-state index contributed by atoms with van der Waals surface area (Å²) in [6.45, 7) is 3.52. The number of halogens is 1. The Hall–Kier alpha value is -1.80. The van der Waals surface area contributed by atoms with Crippen molar-refractivity contribution in [2.24, 2.45) is 0 Å². The third-order valence-corrected chi connectivity index (χ3v) is 2.78. The van der Waals surface area contributed by atoms with Crippen LogP contribution in [-0.2, 0) is 4.79 Å². The monoisotopic (exact) mass is 294 g/mol. The van der Waals surface area contributed by atoms with Crippen LogP contribution >= 0.6 is 15.9 Å². The molecule has 1 atom stereocenters. The predicted octanol–water partition coefficient (Wildman–Crippen LogP) is 2.76. The van der Waals surface area contributed by atoms with E-state index in [1.165, 1.54) is 0 Å². The molecule has 5 heteroatoms. The number of carbonyl (C=O) groups is 1. The van der Waals surface area contributed by atoms with Gasteiger partial charge in [-0.1, -0.05) is 6.08 Å². The molecule has 0 saturated carbocycles. The van der Waals surface area contributed by atoms with Crippen LogP contribution in [0.1, 0.15) is 12.0 Å². The van der Waals surface area contributed by atoms with Gasteiger partial charge in [-0.25, -0.2) is 4.79 Å². The molecule has 0 radical (unpaired) electrons. The summed E-state index contributed by atoms with van der Waals surface area (Å²) < 4.78 is 0.659. The minimum absolute atomic E-state index is 0.321. The van der Waals surface area contributed by atoms with E-state index in [2.05, 4.69) is 27.8 Å². The maximum absolute atomic E-state index is 11.0. The standard InChI is InChI=1S/C12H11BrN2O2/c1-2-3-11(12(16)17)15-10-5-4-8(7-14)6-9(10)13/h2,4-6,11,15H,1,3H2,(H,16,17). The summed E-state index contributed by atoms with van der Waals surface area (Å²) in [6.07, 6.45) is 1.87. The number of carboxylic acid groups (broad SMARTS) is 1. The van der Waals surface area contributed by atoms with Crippen LogP contribution in [0.5, 0.6) is 0 Å². The van der Waals surface area contributed by atoms with Gasteiger partial charge in [0.2, 0.25) is 0 Å². The minimum atomic E-state index is -0.943. The number of nitriles is 1. The van der Waals surface area contributed by atoms with Gasteiger partial charge in [-0.2, -0.15) is 5.26 Å². The minimum Gasteiger partial charge on any atom is -0.480 e. The summed E-state index contributed by atoms with van der Waals surface area (Å²) in [5.74, 6) is -0.943. The Labute approximate surface area is 108 Å². The van der Waals surface area contributed by atoms with Crippen LogP contribution in [0.15, 0.2) is 35.3 Å². The Kier molecular flexibility index (Phi) is 4.73. The molecule has 1 aromatic carbocycles. The topological polar surface area (TPSA) is 73.1 Å². The van der Waals surface area contributed by atoms with Gasteiger partial charge in [-0.15, -0.1) is 6.58 Å². The van der Waals surface area contributed by atoms with E-state index in [1.54, 1.807) is 24.3 Å². The lowest BCUT2D eigenvalue weighted by Crippen LogP contribution is -2.28. The maximum atomic E-state index is 11.0. The number of rotatable bonds is 5. The fraction of sp³-hybridized carbons (Fsp3) is 0.167. The Bertz CT molecular complexity index is 480. The molecule has 0 aliphatic heterocycles. The van der Waals surface area contributed by atoms with E-state index in [4.69, 9.17) is 10.4 Å². The summed E-state index contributed by atoms with van der Waals surface area (Å²) in [7, 11) is 0. The normalized spacial score (nSPS) is 11.3. The number of hydrogen-bond acceptors (Lipinski definition) is 3. The van der Waals surface area contributed by atoms with Crippen molar-refractivity contribution < 1.29 is 9.90 Å². The Morgan fingerprint density at radius 1 is 1.71 bits per heavy atom. The zero-order valence-electron chi connectivity index (χ0n) is 8.98. The van der Waals surface area contributed by atoms with Gasteiger partial charge >= 0.3 is 5.97 Å². The lowest BCUT2D eigenvalue weighted by atomic mass is 10.1. The van der Waals surface area contributed by atoms with Crippen molar-refractivity contribution in [3.8, 4) is 6.07 Å². The smallest absolute Gasteiger partial charge is 0.326 e. The third-order valence-electron chi connectivity index (χ3n) is 2.13. The lowest BCUT2D eigenvalue weighted by molar-refractivity contribution is -0.137. The summed E-state index contributed by atoms with van der Waals surface area (Å²) in [5, 5.41) is 20.6. The predicted molar refractivity (Wildman–Crippen MR) is 68.7 cm³/mol. The van der Waals surface area contributed by atoms with E-state index >= 15 is 0 Å². The molecule has 0 spiro atoms. The first kappa shape index (κ1) is 13.3. The quantitative estimate of drug-likeness (QED) is 0.819. The van der Waals surface area contributed by atoms with Crippen LogP contribution in [0.25, 0.3) is 0 Å². The van der Waals surface area contributed by atoms with Crippen molar-refractivity contribution in [1.29, 1.82) is 5.26 Å². The first-order chi connectivity index (χ1) is 8.08. The van der Waals surface area contributed by atoms with Gasteiger partial charge in [0.25, 0.3) is 0 Å². The van der Waals surface area contributed by atoms with Gasteiger partial charge in [0.15, 0.2) is 0 Å². The largest absolute Gasteiger partial charge is 0.480 e. The van der Waals surface area contributed by atoms with Crippen molar-refractivity contribution in [3.63, 3.8) is 0 Å². The summed E-state index contributed by atoms with van der Waals surface area (Å²) >= 11 is 3.28. The zero-order valence-corrected chi connectivity index (χ0v) is 10.6. The van der Waals surface area contributed by atoms with Crippen molar-refractivity contribution in [2.45, 2.75) is 12.5 Å². The number of nitrogens with one attached hydrogen (secondary N) is 1. The van der Waals surface area contributed by atoms with Gasteiger partial charge < -0.3 is 10.4 Å². The number of nitrogens with zero attached hydrogens (tertiary/aromatic N) is 1. The number of benzene rings is 1. The third kappa shape index (κ3) is 3.61. The zero-order chi connectivity index (χ0) is 12.8. The fourth-order valence-electron chi connectivity index (χ4n) is 1.28. The van der Waals surface area contributed by atoms with E-state index in [0.29, 0.717) is 22.1 Å².